The van der Waals surface area contributed by atoms with Crippen LogP contribution in [0.3, 0.4) is 0 Å². The molecule has 1 atom stereocenters. The van der Waals surface area contributed by atoms with E-state index in [2.05, 4.69) is 0 Å². The molecule has 1 aromatic carbocycles. The van der Waals surface area contributed by atoms with Crippen LogP contribution < -0.4 is 4.74 Å². The molecule has 1 N–H and O–H groups in total. The lowest BCUT2D eigenvalue weighted by Gasteiger charge is -2.32. The predicted octanol–water partition coefficient (Wildman–Crippen LogP) is 0.937. The number of carbonyl (C=O) groups excluding carboxylic acids is 1. The number of hydrogen-bond acceptors (Lipinski definition) is 4. The van der Waals surface area contributed by atoms with Crippen molar-refractivity contribution >= 4 is 11.9 Å². The lowest BCUT2D eigenvalue weighted by molar-refractivity contribution is -0.141. The number of carbonyl (C=O) groups is 2. The molecule has 1 amide bonds. The van der Waals surface area contributed by atoms with Crippen molar-refractivity contribution in [3.05, 3.63) is 29.3 Å². The molecule has 21 heavy (non-hydrogen) atoms. The van der Waals surface area contributed by atoms with Gasteiger partial charge in [0.1, 0.15) is 5.75 Å². The Hall–Kier alpha value is -2.08. The zero-order valence-electron chi connectivity index (χ0n) is 11.6. The maximum Gasteiger partial charge on any atom is 0.306 e. The maximum atomic E-state index is 12.5. The number of amides is 1. The van der Waals surface area contributed by atoms with Crippen LogP contribution in [-0.4, -0.2) is 54.3 Å². The van der Waals surface area contributed by atoms with Gasteiger partial charge in [-0.3, -0.25) is 9.59 Å². The number of fused-ring (bicyclic) bond motifs is 1. The first-order chi connectivity index (χ1) is 10.1. The molecule has 112 valence electrons. The molecule has 0 saturated carbocycles. The molecular weight excluding hydrogens is 274 g/mol. The zero-order chi connectivity index (χ0) is 14.8. The Morgan fingerprint density at radius 1 is 1.33 bits per heavy atom. The topological polar surface area (TPSA) is 76.1 Å². The lowest BCUT2D eigenvalue weighted by atomic mass is 10.1. The minimum absolute atomic E-state index is 0.0802. The lowest BCUT2D eigenvalue weighted by Crippen LogP contribution is -2.46. The molecule has 0 radical (unpaired) electrons. The van der Waals surface area contributed by atoms with Gasteiger partial charge in [-0.25, -0.2) is 0 Å². The summed E-state index contributed by atoms with van der Waals surface area (Å²) in [5.41, 5.74) is 1.67. The molecule has 0 aromatic heterocycles. The molecule has 1 saturated heterocycles. The molecule has 2 aliphatic rings. The Morgan fingerprint density at radius 3 is 3.00 bits per heavy atom. The van der Waals surface area contributed by atoms with Gasteiger partial charge in [0, 0.05) is 25.1 Å². The third-order valence-corrected chi connectivity index (χ3v) is 3.76. The number of rotatable bonds is 3. The van der Waals surface area contributed by atoms with E-state index in [9.17, 15) is 9.59 Å². The van der Waals surface area contributed by atoms with Gasteiger partial charge in [-0.05, 0) is 23.8 Å². The van der Waals surface area contributed by atoms with E-state index in [-0.39, 0.29) is 12.3 Å². The number of ether oxygens (including phenoxy) is 2. The molecule has 0 unspecified atom stereocenters. The highest BCUT2D eigenvalue weighted by atomic mass is 16.5. The minimum atomic E-state index is -0.913. The van der Waals surface area contributed by atoms with E-state index in [0.29, 0.717) is 31.9 Å². The largest absolute Gasteiger partial charge is 0.493 e. The van der Waals surface area contributed by atoms with Crippen LogP contribution in [0.2, 0.25) is 0 Å². The fourth-order valence-electron chi connectivity index (χ4n) is 2.72. The highest BCUT2D eigenvalue weighted by molar-refractivity contribution is 5.94. The van der Waals surface area contributed by atoms with E-state index in [1.54, 1.807) is 11.0 Å². The van der Waals surface area contributed by atoms with Crippen molar-refractivity contribution in [3.8, 4) is 5.75 Å². The van der Waals surface area contributed by atoms with Crippen molar-refractivity contribution in [1.82, 2.24) is 4.90 Å². The van der Waals surface area contributed by atoms with Crippen molar-refractivity contribution in [3.63, 3.8) is 0 Å². The summed E-state index contributed by atoms with van der Waals surface area (Å²) in [6.45, 7) is 1.84. The van der Waals surface area contributed by atoms with E-state index >= 15 is 0 Å². The molecular formula is C15H17NO5. The van der Waals surface area contributed by atoms with Gasteiger partial charge in [-0.15, -0.1) is 0 Å². The first-order valence-corrected chi connectivity index (χ1v) is 7.02. The summed E-state index contributed by atoms with van der Waals surface area (Å²) < 4.78 is 10.8. The summed E-state index contributed by atoms with van der Waals surface area (Å²) in [5, 5.41) is 8.82. The van der Waals surface area contributed by atoms with Crippen molar-refractivity contribution in [2.45, 2.75) is 18.9 Å². The van der Waals surface area contributed by atoms with E-state index < -0.39 is 12.1 Å². The number of carboxylic acid groups (broad SMARTS) is 1. The fraction of sp³-hybridized carbons (Fsp3) is 0.467. The number of nitrogens with zero attached hydrogens (tertiary/aromatic N) is 1. The van der Waals surface area contributed by atoms with Crippen molar-refractivity contribution < 1.29 is 24.2 Å². The molecule has 2 aliphatic heterocycles. The van der Waals surface area contributed by atoms with E-state index in [1.807, 2.05) is 12.1 Å². The molecule has 2 heterocycles. The number of benzene rings is 1. The smallest absolute Gasteiger partial charge is 0.306 e. The van der Waals surface area contributed by atoms with Crippen LogP contribution >= 0.6 is 0 Å². The normalized spacial score (nSPS) is 20.8. The van der Waals surface area contributed by atoms with Gasteiger partial charge in [-0.2, -0.15) is 0 Å². The summed E-state index contributed by atoms with van der Waals surface area (Å²) >= 11 is 0. The fourth-order valence-corrected chi connectivity index (χ4v) is 2.72. The highest BCUT2D eigenvalue weighted by Crippen LogP contribution is 2.26. The minimum Gasteiger partial charge on any atom is -0.493 e. The number of morpholine rings is 1. The quantitative estimate of drug-likeness (QED) is 0.897. The third kappa shape index (κ3) is 3.00. The van der Waals surface area contributed by atoms with Crippen LogP contribution in [0, 0.1) is 0 Å². The van der Waals surface area contributed by atoms with E-state index in [0.717, 1.165) is 17.7 Å². The SMILES string of the molecule is O=C(O)C[C@H]1CN(C(=O)c2ccc3c(c2)CCO3)CCO1. The molecule has 0 aliphatic carbocycles. The Bertz CT molecular complexity index is 571. The first-order valence-electron chi connectivity index (χ1n) is 7.02. The van der Waals surface area contributed by atoms with Crippen LogP contribution in [0.15, 0.2) is 18.2 Å². The Kier molecular flexibility index (Phi) is 3.79. The van der Waals surface area contributed by atoms with Crippen LogP contribution in [-0.2, 0) is 16.0 Å². The van der Waals surface area contributed by atoms with Crippen molar-refractivity contribution in [1.29, 1.82) is 0 Å². The summed E-state index contributed by atoms with van der Waals surface area (Å²) in [7, 11) is 0. The van der Waals surface area contributed by atoms with Crippen molar-refractivity contribution in [2.24, 2.45) is 0 Å². The van der Waals surface area contributed by atoms with E-state index in [1.165, 1.54) is 0 Å². The van der Waals surface area contributed by atoms with Crippen LogP contribution in [0.5, 0.6) is 5.75 Å². The van der Waals surface area contributed by atoms with Crippen LogP contribution in [0.4, 0.5) is 0 Å². The number of hydrogen-bond donors (Lipinski definition) is 1. The molecule has 6 nitrogen and oxygen atoms in total. The Balaban J connectivity index is 1.71. The number of aliphatic carboxylic acids is 1. The zero-order valence-corrected chi connectivity index (χ0v) is 11.6. The van der Waals surface area contributed by atoms with Gasteiger partial charge < -0.3 is 19.5 Å². The van der Waals surface area contributed by atoms with Gasteiger partial charge >= 0.3 is 5.97 Å². The van der Waals surface area contributed by atoms with Gasteiger partial charge in [0.2, 0.25) is 0 Å². The van der Waals surface area contributed by atoms with Gasteiger partial charge in [0.15, 0.2) is 0 Å². The first kappa shape index (κ1) is 13.9. The standard InChI is InChI=1S/C15H17NO5/c17-14(18)8-12-9-16(4-6-20-12)15(19)11-1-2-13-10(7-11)3-5-21-13/h1-2,7,12H,3-6,8-9H2,(H,17,18)/t12-/m0/s1. The Morgan fingerprint density at radius 2 is 2.19 bits per heavy atom. The predicted molar refractivity (Wildman–Crippen MR) is 73.5 cm³/mol. The third-order valence-electron chi connectivity index (χ3n) is 3.76. The van der Waals surface area contributed by atoms with Gasteiger partial charge in [0.05, 0.1) is 25.7 Å². The van der Waals surface area contributed by atoms with Gasteiger partial charge in [-0.1, -0.05) is 0 Å². The molecule has 0 spiro atoms. The van der Waals surface area contributed by atoms with Crippen molar-refractivity contribution in [2.75, 3.05) is 26.3 Å². The van der Waals surface area contributed by atoms with E-state index in [4.69, 9.17) is 14.6 Å². The second-order valence-electron chi connectivity index (χ2n) is 5.26. The average Bonchev–Trinajstić information content (AvgIpc) is 2.93. The second-order valence-corrected chi connectivity index (χ2v) is 5.26. The van der Waals surface area contributed by atoms with Gasteiger partial charge in [0.25, 0.3) is 5.91 Å². The summed E-state index contributed by atoms with van der Waals surface area (Å²) in [6.07, 6.45) is 0.307. The highest BCUT2D eigenvalue weighted by Gasteiger charge is 2.27. The molecule has 6 heteroatoms. The maximum absolute atomic E-state index is 12.5. The summed E-state index contributed by atoms with van der Waals surface area (Å²) in [5.74, 6) is -0.148. The Labute approximate surface area is 122 Å². The number of carboxylic acids is 1. The van der Waals surface area contributed by atoms with Crippen LogP contribution in [0.25, 0.3) is 0 Å². The average molecular weight is 291 g/mol. The molecule has 1 aromatic rings. The second kappa shape index (κ2) is 5.73. The molecule has 3 rings (SSSR count). The summed E-state index contributed by atoms with van der Waals surface area (Å²) in [6, 6.07) is 5.45. The molecule has 1 fully saturated rings. The molecule has 0 bridgehead atoms. The monoisotopic (exact) mass is 291 g/mol. The summed E-state index contributed by atoms with van der Waals surface area (Å²) in [4.78, 5) is 24.9. The van der Waals surface area contributed by atoms with Crippen LogP contribution in [0.1, 0.15) is 22.3 Å².